The summed E-state index contributed by atoms with van der Waals surface area (Å²) in [7, 11) is 0. The van der Waals surface area contributed by atoms with Gasteiger partial charge < -0.3 is 19.7 Å². The van der Waals surface area contributed by atoms with Crippen LogP contribution in [0.4, 0.5) is 0 Å². The molecule has 2 aliphatic heterocycles. The van der Waals surface area contributed by atoms with Crippen molar-refractivity contribution in [3.05, 3.63) is 71.3 Å². The van der Waals surface area contributed by atoms with Crippen LogP contribution < -0.4 is 5.32 Å². The Morgan fingerprint density at radius 3 is 2.11 bits per heavy atom. The van der Waals surface area contributed by atoms with Crippen LogP contribution >= 0.6 is 0 Å². The fourth-order valence-corrected chi connectivity index (χ4v) is 4.93. The molecule has 1 fully saturated rings. The number of benzene rings is 2. The zero-order chi connectivity index (χ0) is 26.4. The molecule has 2 aromatic rings. The summed E-state index contributed by atoms with van der Waals surface area (Å²) in [5.74, 6) is -2.52. The van der Waals surface area contributed by atoms with Gasteiger partial charge in [-0.1, -0.05) is 54.6 Å². The Kier molecular flexibility index (Phi) is 8.55. The second-order valence-corrected chi connectivity index (χ2v) is 9.64. The van der Waals surface area contributed by atoms with E-state index in [0.29, 0.717) is 19.6 Å². The predicted molar refractivity (Wildman–Crippen MR) is 135 cm³/mol. The first-order chi connectivity index (χ1) is 17.8. The summed E-state index contributed by atoms with van der Waals surface area (Å²) in [4.78, 5) is 54.2. The van der Waals surface area contributed by atoms with Crippen molar-refractivity contribution in [2.24, 2.45) is 5.92 Å². The van der Waals surface area contributed by atoms with Gasteiger partial charge in [-0.25, -0.2) is 0 Å². The average molecular weight is 508 g/mol. The lowest BCUT2D eigenvalue weighted by Gasteiger charge is -2.28. The van der Waals surface area contributed by atoms with Crippen molar-refractivity contribution in [3.8, 4) is 0 Å². The van der Waals surface area contributed by atoms with Gasteiger partial charge in [-0.15, -0.1) is 0 Å². The molecule has 0 radical (unpaired) electrons. The van der Waals surface area contributed by atoms with Crippen molar-refractivity contribution in [1.29, 1.82) is 0 Å². The third-order valence-corrected chi connectivity index (χ3v) is 6.70. The minimum absolute atomic E-state index is 0.210. The van der Waals surface area contributed by atoms with Crippen molar-refractivity contribution in [3.63, 3.8) is 0 Å². The van der Waals surface area contributed by atoms with Crippen LogP contribution in [0.15, 0.2) is 54.6 Å². The van der Waals surface area contributed by atoms with E-state index in [4.69, 9.17) is 9.47 Å². The number of carbonyl (C=O) groups excluding carboxylic acids is 4. The average Bonchev–Trinajstić information content (AvgIpc) is 3.51. The number of fused-ring (bicyclic) bond motifs is 1. The van der Waals surface area contributed by atoms with E-state index in [1.54, 1.807) is 0 Å². The van der Waals surface area contributed by atoms with Crippen LogP contribution in [0, 0.1) is 5.92 Å². The number of hydrogen-bond acceptors (Lipinski definition) is 7. The standard InChI is InChI=1S/C28H33N3O6/c1-19(32)36-25(26(37-20(2)33)28(35)31-17-23-10-6-7-11-24(23)18-31)27(34)29-14-22-12-13-30(16-22)15-21-8-4-3-5-9-21/h3-11,22,25-26H,12-18H2,1-2H3,(H,29,34)/t22?,25-,26-/m1/s1. The highest BCUT2D eigenvalue weighted by molar-refractivity contribution is 5.93. The van der Waals surface area contributed by atoms with Gasteiger partial charge in [0, 0.05) is 46.6 Å². The molecule has 0 aliphatic carbocycles. The summed E-state index contributed by atoms with van der Waals surface area (Å²) in [5.41, 5.74) is 3.19. The second kappa shape index (κ2) is 12.0. The normalized spacial score (nSPS) is 18.5. The molecular formula is C28H33N3O6. The van der Waals surface area contributed by atoms with Gasteiger partial charge in [0.25, 0.3) is 11.8 Å². The third kappa shape index (κ3) is 6.95. The molecule has 2 aromatic carbocycles. The van der Waals surface area contributed by atoms with Crippen LogP contribution in [0.5, 0.6) is 0 Å². The molecule has 2 heterocycles. The van der Waals surface area contributed by atoms with Crippen molar-refractivity contribution >= 4 is 23.8 Å². The van der Waals surface area contributed by atoms with Crippen LogP contribution in [0.3, 0.4) is 0 Å². The zero-order valence-electron chi connectivity index (χ0n) is 21.2. The first-order valence-corrected chi connectivity index (χ1v) is 12.5. The fourth-order valence-electron chi connectivity index (χ4n) is 4.93. The fraction of sp³-hybridized carbons (Fsp3) is 0.429. The summed E-state index contributed by atoms with van der Waals surface area (Å²) in [5, 5.41) is 2.83. The van der Waals surface area contributed by atoms with Crippen molar-refractivity contribution in [2.75, 3.05) is 19.6 Å². The Balaban J connectivity index is 1.39. The monoisotopic (exact) mass is 507 g/mol. The maximum absolute atomic E-state index is 13.4. The topological polar surface area (TPSA) is 105 Å². The minimum atomic E-state index is -1.58. The van der Waals surface area contributed by atoms with Crippen molar-refractivity contribution < 1.29 is 28.7 Å². The Hall–Kier alpha value is -3.72. The summed E-state index contributed by atoms with van der Waals surface area (Å²) in [6, 6.07) is 17.8. The Labute approximate surface area is 216 Å². The van der Waals surface area contributed by atoms with Gasteiger partial charge in [0.1, 0.15) is 0 Å². The van der Waals surface area contributed by atoms with Gasteiger partial charge in [0.2, 0.25) is 12.2 Å². The molecule has 196 valence electrons. The number of likely N-dealkylation sites (tertiary alicyclic amines) is 1. The largest absolute Gasteiger partial charge is 0.448 e. The lowest BCUT2D eigenvalue weighted by atomic mass is 10.1. The predicted octanol–water partition coefficient (Wildman–Crippen LogP) is 2.03. The zero-order valence-corrected chi connectivity index (χ0v) is 21.2. The summed E-state index contributed by atoms with van der Waals surface area (Å²) in [6.07, 6.45) is -2.25. The Bertz CT molecular complexity index is 1110. The Morgan fingerprint density at radius 1 is 0.892 bits per heavy atom. The van der Waals surface area contributed by atoms with Crippen LogP contribution in [-0.4, -0.2) is 65.4 Å². The number of ether oxygens (including phenoxy) is 2. The molecule has 0 bridgehead atoms. The quantitative estimate of drug-likeness (QED) is 0.518. The summed E-state index contributed by atoms with van der Waals surface area (Å²) >= 11 is 0. The molecule has 3 atom stereocenters. The molecule has 9 nitrogen and oxygen atoms in total. The molecule has 9 heteroatoms. The van der Waals surface area contributed by atoms with E-state index in [9.17, 15) is 19.2 Å². The molecule has 2 aliphatic rings. The van der Waals surface area contributed by atoms with E-state index >= 15 is 0 Å². The SMILES string of the molecule is CC(=O)O[C@@H](C(=O)NCC1CCN(Cc2ccccc2)C1)[C@@H](OC(C)=O)C(=O)N1Cc2ccccc2C1. The van der Waals surface area contributed by atoms with Crippen LogP contribution in [-0.2, 0) is 48.3 Å². The molecule has 0 spiro atoms. The number of nitrogens with one attached hydrogen (secondary N) is 1. The van der Waals surface area contributed by atoms with Gasteiger partial charge in [0.05, 0.1) is 0 Å². The van der Waals surface area contributed by atoms with Gasteiger partial charge in [0.15, 0.2) is 0 Å². The van der Waals surface area contributed by atoms with Gasteiger partial charge >= 0.3 is 11.9 Å². The van der Waals surface area contributed by atoms with E-state index in [2.05, 4.69) is 22.3 Å². The number of hydrogen-bond donors (Lipinski definition) is 1. The highest BCUT2D eigenvalue weighted by atomic mass is 16.6. The first-order valence-electron chi connectivity index (χ1n) is 12.5. The van der Waals surface area contributed by atoms with Crippen molar-refractivity contribution in [2.45, 2.75) is 52.1 Å². The van der Waals surface area contributed by atoms with Gasteiger partial charge in [-0.2, -0.15) is 0 Å². The molecule has 0 saturated carbocycles. The lowest BCUT2D eigenvalue weighted by Crippen LogP contribution is -2.53. The minimum Gasteiger partial charge on any atom is -0.448 e. The molecular weight excluding hydrogens is 474 g/mol. The molecule has 1 N–H and O–H groups in total. The molecule has 4 rings (SSSR count). The number of nitrogens with zero attached hydrogens (tertiary/aromatic N) is 2. The van der Waals surface area contributed by atoms with E-state index in [1.807, 2.05) is 42.5 Å². The highest BCUT2D eigenvalue weighted by Gasteiger charge is 2.42. The molecule has 1 unspecified atom stereocenters. The molecule has 37 heavy (non-hydrogen) atoms. The maximum Gasteiger partial charge on any atom is 0.303 e. The maximum atomic E-state index is 13.4. The van der Waals surface area contributed by atoms with Crippen molar-refractivity contribution in [1.82, 2.24) is 15.1 Å². The van der Waals surface area contributed by atoms with Gasteiger partial charge in [-0.05, 0) is 35.6 Å². The lowest BCUT2D eigenvalue weighted by molar-refractivity contribution is -0.178. The number of rotatable bonds is 9. The van der Waals surface area contributed by atoms with Crippen LogP contribution in [0.25, 0.3) is 0 Å². The number of esters is 2. The van der Waals surface area contributed by atoms with E-state index in [1.165, 1.54) is 10.5 Å². The van der Waals surface area contributed by atoms with E-state index < -0.39 is 36.0 Å². The number of amides is 2. The molecule has 2 amide bonds. The summed E-state index contributed by atoms with van der Waals surface area (Å²) < 4.78 is 10.5. The third-order valence-electron chi connectivity index (χ3n) is 6.70. The summed E-state index contributed by atoms with van der Waals surface area (Å²) in [6.45, 7) is 5.86. The van der Waals surface area contributed by atoms with Gasteiger partial charge in [-0.3, -0.25) is 24.1 Å². The second-order valence-electron chi connectivity index (χ2n) is 9.64. The highest BCUT2D eigenvalue weighted by Crippen LogP contribution is 2.25. The number of carbonyl (C=O) groups is 4. The Morgan fingerprint density at radius 2 is 1.49 bits per heavy atom. The van der Waals surface area contributed by atoms with E-state index in [-0.39, 0.29) is 5.92 Å². The van der Waals surface area contributed by atoms with Crippen LogP contribution in [0.2, 0.25) is 0 Å². The first kappa shape index (κ1) is 26.3. The molecule has 1 saturated heterocycles. The van der Waals surface area contributed by atoms with E-state index in [0.717, 1.165) is 51.0 Å². The smallest absolute Gasteiger partial charge is 0.303 e. The molecule has 0 aromatic heterocycles. The van der Waals surface area contributed by atoms with Crippen LogP contribution in [0.1, 0.15) is 37.0 Å².